The normalized spacial score (nSPS) is 12.4. The topological polar surface area (TPSA) is 78.9 Å². The molecule has 6 heteroatoms. The van der Waals surface area contributed by atoms with E-state index in [1.165, 1.54) is 128 Å². The van der Waals surface area contributed by atoms with E-state index in [4.69, 9.17) is 14.2 Å². The molecule has 0 aromatic carbocycles. The Balaban J connectivity index is 4.36. The van der Waals surface area contributed by atoms with Crippen LogP contribution in [0.15, 0.2) is 48.6 Å². The summed E-state index contributed by atoms with van der Waals surface area (Å²) in [6.45, 7) is 6.48. The summed E-state index contributed by atoms with van der Waals surface area (Å²) in [4.78, 5) is 37.8. The van der Waals surface area contributed by atoms with E-state index in [1.807, 2.05) is 0 Å². The SMILES string of the molecule is CC/C=C\C/C=C\C/C=C\C/C=C\CCCCC(=O)OC(COC(=O)CCCCCCCCCCC)COC(=O)CCCCCCCCCCCCCCCCCCC. The van der Waals surface area contributed by atoms with E-state index in [0.717, 1.165) is 77.0 Å². The summed E-state index contributed by atoms with van der Waals surface area (Å²) in [7, 11) is 0. The highest BCUT2D eigenvalue weighted by molar-refractivity contribution is 5.71. The van der Waals surface area contributed by atoms with Gasteiger partial charge < -0.3 is 14.2 Å². The van der Waals surface area contributed by atoms with Gasteiger partial charge in [0.1, 0.15) is 13.2 Å². The maximum Gasteiger partial charge on any atom is 0.306 e. The van der Waals surface area contributed by atoms with Crippen LogP contribution in [0.1, 0.15) is 252 Å². The number of rotatable bonds is 45. The summed E-state index contributed by atoms with van der Waals surface area (Å²) in [6, 6.07) is 0. The van der Waals surface area contributed by atoms with Gasteiger partial charge in [-0.3, -0.25) is 14.4 Å². The minimum atomic E-state index is -0.789. The van der Waals surface area contributed by atoms with Crippen molar-refractivity contribution in [2.75, 3.05) is 13.2 Å². The average molecular weight is 827 g/mol. The first-order valence-corrected chi connectivity index (χ1v) is 25.1. The molecule has 0 amide bonds. The fraction of sp³-hybridized carbons (Fsp3) is 0.792. The molecule has 0 spiro atoms. The number of esters is 3. The summed E-state index contributed by atoms with van der Waals surface area (Å²) in [5.41, 5.74) is 0. The van der Waals surface area contributed by atoms with Gasteiger partial charge in [-0.25, -0.2) is 0 Å². The summed E-state index contributed by atoms with van der Waals surface area (Å²) in [5.74, 6) is -0.924. The van der Waals surface area contributed by atoms with Crippen molar-refractivity contribution in [2.24, 2.45) is 0 Å². The van der Waals surface area contributed by atoms with Crippen molar-refractivity contribution in [3.8, 4) is 0 Å². The number of hydrogen-bond acceptors (Lipinski definition) is 6. The standard InChI is InChI=1S/C53H94O6/c1-4-7-10-13-16-19-21-23-25-26-28-29-31-34-37-40-43-46-52(55)58-49-50(48-57-51(54)45-42-39-36-33-18-15-12-9-6-3)59-53(56)47-44-41-38-35-32-30-27-24-22-20-17-14-11-8-5-2/h8,11,17,20,24,27,32,35,50H,4-7,9-10,12-16,18-19,21-23,25-26,28-31,33-34,36-49H2,1-3H3/b11-8-,20-17-,27-24-,35-32-. The van der Waals surface area contributed by atoms with Crippen LogP contribution in [-0.2, 0) is 28.6 Å². The molecule has 0 aliphatic rings. The van der Waals surface area contributed by atoms with Crippen molar-refractivity contribution in [2.45, 2.75) is 258 Å². The van der Waals surface area contributed by atoms with Gasteiger partial charge >= 0.3 is 17.9 Å². The van der Waals surface area contributed by atoms with E-state index in [-0.39, 0.29) is 37.5 Å². The van der Waals surface area contributed by atoms with Crippen LogP contribution >= 0.6 is 0 Å². The molecule has 0 aliphatic heterocycles. The molecule has 0 saturated carbocycles. The number of carbonyl (C=O) groups excluding carboxylic acids is 3. The van der Waals surface area contributed by atoms with Gasteiger partial charge in [-0.15, -0.1) is 0 Å². The average Bonchev–Trinajstić information content (AvgIpc) is 3.23. The number of hydrogen-bond donors (Lipinski definition) is 0. The van der Waals surface area contributed by atoms with Crippen LogP contribution in [0.25, 0.3) is 0 Å². The fourth-order valence-electron chi connectivity index (χ4n) is 7.08. The zero-order valence-corrected chi connectivity index (χ0v) is 39.0. The lowest BCUT2D eigenvalue weighted by Crippen LogP contribution is -2.30. The lowest BCUT2D eigenvalue weighted by molar-refractivity contribution is -0.167. The lowest BCUT2D eigenvalue weighted by atomic mass is 10.0. The molecule has 1 unspecified atom stereocenters. The molecular formula is C53H94O6. The Morgan fingerprint density at radius 3 is 1.03 bits per heavy atom. The lowest BCUT2D eigenvalue weighted by Gasteiger charge is -2.18. The van der Waals surface area contributed by atoms with Gasteiger partial charge in [-0.2, -0.15) is 0 Å². The molecule has 0 aromatic rings. The Morgan fingerprint density at radius 1 is 0.356 bits per heavy atom. The van der Waals surface area contributed by atoms with E-state index in [1.54, 1.807) is 0 Å². The van der Waals surface area contributed by atoms with Crippen LogP contribution in [0.2, 0.25) is 0 Å². The van der Waals surface area contributed by atoms with Crippen LogP contribution in [-0.4, -0.2) is 37.2 Å². The van der Waals surface area contributed by atoms with Crippen molar-refractivity contribution in [3.63, 3.8) is 0 Å². The van der Waals surface area contributed by atoms with Gasteiger partial charge in [0.15, 0.2) is 6.10 Å². The predicted molar refractivity (Wildman–Crippen MR) is 252 cm³/mol. The van der Waals surface area contributed by atoms with Crippen molar-refractivity contribution < 1.29 is 28.6 Å². The molecule has 0 fully saturated rings. The summed E-state index contributed by atoms with van der Waals surface area (Å²) in [6.07, 6.45) is 56.7. The minimum Gasteiger partial charge on any atom is -0.462 e. The number of carbonyl (C=O) groups is 3. The molecule has 0 heterocycles. The zero-order valence-electron chi connectivity index (χ0n) is 39.0. The summed E-state index contributed by atoms with van der Waals surface area (Å²) in [5, 5.41) is 0. The third kappa shape index (κ3) is 46.3. The van der Waals surface area contributed by atoms with Gasteiger partial charge in [0.05, 0.1) is 0 Å². The second-order valence-electron chi connectivity index (χ2n) is 16.7. The summed E-state index contributed by atoms with van der Waals surface area (Å²) < 4.78 is 16.7. The third-order valence-corrected chi connectivity index (χ3v) is 10.8. The molecule has 59 heavy (non-hydrogen) atoms. The molecule has 0 rings (SSSR count). The highest BCUT2D eigenvalue weighted by atomic mass is 16.6. The van der Waals surface area contributed by atoms with Crippen molar-refractivity contribution in [1.29, 1.82) is 0 Å². The molecule has 0 aromatic heterocycles. The van der Waals surface area contributed by atoms with Crippen LogP contribution in [0.4, 0.5) is 0 Å². The monoisotopic (exact) mass is 827 g/mol. The maximum absolute atomic E-state index is 12.7. The van der Waals surface area contributed by atoms with E-state index >= 15 is 0 Å². The number of allylic oxidation sites excluding steroid dienone is 8. The largest absolute Gasteiger partial charge is 0.462 e. The first-order chi connectivity index (χ1) is 29.0. The van der Waals surface area contributed by atoms with Crippen LogP contribution in [0.3, 0.4) is 0 Å². The number of ether oxygens (including phenoxy) is 3. The fourth-order valence-corrected chi connectivity index (χ4v) is 7.08. The molecule has 0 saturated heterocycles. The molecule has 0 bridgehead atoms. The van der Waals surface area contributed by atoms with E-state index < -0.39 is 6.10 Å². The Kier molecular flexibility index (Phi) is 45.9. The Morgan fingerprint density at radius 2 is 0.661 bits per heavy atom. The highest BCUT2D eigenvalue weighted by Gasteiger charge is 2.19. The van der Waals surface area contributed by atoms with Crippen LogP contribution in [0.5, 0.6) is 0 Å². The molecule has 6 nitrogen and oxygen atoms in total. The first-order valence-electron chi connectivity index (χ1n) is 25.1. The summed E-state index contributed by atoms with van der Waals surface area (Å²) >= 11 is 0. The van der Waals surface area contributed by atoms with Crippen LogP contribution < -0.4 is 0 Å². The molecule has 1 atom stereocenters. The van der Waals surface area contributed by atoms with E-state index in [9.17, 15) is 14.4 Å². The molecule has 0 aliphatic carbocycles. The zero-order chi connectivity index (χ0) is 43.0. The Hall–Kier alpha value is -2.63. The smallest absolute Gasteiger partial charge is 0.306 e. The van der Waals surface area contributed by atoms with Gasteiger partial charge in [0.25, 0.3) is 0 Å². The minimum absolute atomic E-state index is 0.0865. The van der Waals surface area contributed by atoms with Gasteiger partial charge in [0, 0.05) is 19.3 Å². The van der Waals surface area contributed by atoms with Gasteiger partial charge in [-0.1, -0.05) is 223 Å². The molecule has 0 radical (unpaired) electrons. The molecule has 0 N–H and O–H groups in total. The van der Waals surface area contributed by atoms with Gasteiger partial charge in [0.2, 0.25) is 0 Å². The van der Waals surface area contributed by atoms with Crippen molar-refractivity contribution in [1.82, 2.24) is 0 Å². The highest BCUT2D eigenvalue weighted by Crippen LogP contribution is 2.15. The first kappa shape index (κ1) is 56.4. The molecular weight excluding hydrogens is 733 g/mol. The van der Waals surface area contributed by atoms with Gasteiger partial charge in [-0.05, 0) is 57.8 Å². The second kappa shape index (κ2) is 48.0. The quantitative estimate of drug-likeness (QED) is 0.0263. The Labute approximate surface area is 365 Å². The van der Waals surface area contributed by atoms with E-state index in [0.29, 0.717) is 19.3 Å². The predicted octanol–water partition coefficient (Wildman–Crippen LogP) is 16.3. The van der Waals surface area contributed by atoms with E-state index in [2.05, 4.69) is 69.4 Å². The maximum atomic E-state index is 12.7. The Bertz CT molecular complexity index is 1040. The molecule has 342 valence electrons. The third-order valence-electron chi connectivity index (χ3n) is 10.8. The second-order valence-corrected chi connectivity index (χ2v) is 16.7. The van der Waals surface area contributed by atoms with Crippen LogP contribution in [0, 0.1) is 0 Å². The number of unbranched alkanes of at least 4 members (excludes halogenated alkanes) is 26. The van der Waals surface area contributed by atoms with Crippen molar-refractivity contribution in [3.05, 3.63) is 48.6 Å². The van der Waals surface area contributed by atoms with Crippen molar-refractivity contribution >= 4 is 17.9 Å².